The van der Waals surface area contributed by atoms with Crippen LogP contribution in [-0.4, -0.2) is 49.4 Å². The van der Waals surface area contributed by atoms with Gasteiger partial charge in [-0.15, -0.1) is 12.4 Å². The third kappa shape index (κ3) is 5.12. The van der Waals surface area contributed by atoms with Crippen LogP contribution >= 0.6 is 12.4 Å². The summed E-state index contributed by atoms with van der Waals surface area (Å²) in [7, 11) is 0. The van der Waals surface area contributed by atoms with Crippen molar-refractivity contribution >= 4 is 24.1 Å². The largest absolute Gasteiger partial charge is 0.490 e. The smallest absolute Gasteiger partial charge is 0.254 e. The molecule has 2 N–H and O–H groups in total. The molecule has 1 fully saturated rings. The van der Waals surface area contributed by atoms with Crippen LogP contribution in [0.1, 0.15) is 46.5 Å². The Bertz CT molecular complexity index is 887. The molecule has 1 heterocycles. The highest BCUT2D eigenvalue weighted by Crippen LogP contribution is 2.30. The molecule has 0 spiro atoms. The second-order valence-corrected chi connectivity index (χ2v) is 7.04. The van der Waals surface area contributed by atoms with Gasteiger partial charge >= 0.3 is 0 Å². The number of carbonyl (C=O) groups is 2. The third-order valence-electron chi connectivity index (χ3n) is 5.11. The lowest BCUT2D eigenvalue weighted by molar-refractivity contribution is 0.0783. The minimum absolute atomic E-state index is 0. The number of carbonyl (C=O) groups excluding carboxylic acids is 2. The summed E-state index contributed by atoms with van der Waals surface area (Å²) in [6, 6.07) is 12.1. The van der Waals surface area contributed by atoms with E-state index in [0.29, 0.717) is 67.0 Å². The lowest BCUT2D eigenvalue weighted by atomic mass is 9.97. The maximum atomic E-state index is 13.2. The van der Waals surface area contributed by atoms with Crippen LogP contribution in [0.2, 0.25) is 0 Å². The molecule has 30 heavy (non-hydrogen) atoms. The van der Waals surface area contributed by atoms with E-state index in [-0.39, 0.29) is 24.1 Å². The second-order valence-electron chi connectivity index (χ2n) is 7.04. The highest BCUT2D eigenvalue weighted by molar-refractivity contribution is 6.15. The first kappa shape index (κ1) is 23.7. The molecule has 0 aromatic heterocycles. The van der Waals surface area contributed by atoms with Gasteiger partial charge in [-0.25, -0.2) is 0 Å². The molecule has 2 aromatic carbocycles. The number of hydrogen-bond acceptors (Lipinski definition) is 5. The SMILES string of the molecule is CCOc1ccc(C(=O)c2ccccc2C(=O)N2CCC(CN)C2)cc1OCC.Cl. The Labute approximate surface area is 183 Å². The number of benzene rings is 2. The van der Waals surface area contributed by atoms with Gasteiger partial charge in [0.05, 0.1) is 18.8 Å². The maximum Gasteiger partial charge on any atom is 0.254 e. The number of likely N-dealkylation sites (tertiary alicyclic amines) is 1. The monoisotopic (exact) mass is 432 g/mol. The maximum absolute atomic E-state index is 13.2. The Morgan fingerprint density at radius 1 is 1.03 bits per heavy atom. The van der Waals surface area contributed by atoms with Gasteiger partial charge in [-0.2, -0.15) is 0 Å². The van der Waals surface area contributed by atoms with Gasteiger partial charge in [0.2, 0.25) is 0 Å². The van der Waals surface area contributed by atoms with Gasteiger partial charge in [0.1, 0.15) is 0 Å². The molecule has 0 aliphatic carbocycles. The van der Waals surface area contributed by atoms with E-state index in [4.69, 9.17) is 15.2 Å². The molecule has 1 unspecified atom stereocenters. The van der Waals surface area contributed by atoms with Crippen molar-refractivity contribution in [2.24, 2.45) is 11.7 Å². The van der Waals surface area contributed by atoms with E-state index in [1.165, 1.54) is 0 Å². The summed E-state index contributed by atoms with van der Waals surface area (Å²) >= 11 is 0. The molecule has 3 rings (SSSR count). The van der Waals surface area contributed by atoms with E-state index in [2.05, 4.69) is 0 Å². The van der Waals surface area contributed by atoms with Crippen LogP contribution in [0.5, 0.6) is 11.5 Å². The van der Waals surface area contributed by atoms with Crippen molar-refractivity contribution < 1.29 is 19.1 Å². The molecule has 0 saturated carbocycles. The molecule has 7 heteroatoms. The topological polar surface area (TPSA) is 81.9 Å². The standard InChI is InChI=1S/C23H28N2O4.ClH/c1-3-28-20-10-9-17(13-21(20)29-4-2)22(26)18-7-5-6-8-19(18)23(27)25-12-11-16(14-24)15-25;/h5-10,13,16H,3-4,11-12,14-15,24H2,1-2H3;1H. The van der Waals surface area contributed by atoms with Crippen molar-refractivity contribution in [2.75, 3.05) is 32.8 Å². The van der Waals surface area contributed by atoms with E-state index < -0.39 is 0 Å². The van der Waals surface area contributed by atoms with Crippen LogP contribution in [0.4, 0.5) is 0 Å². The summed E-state index contributed by atoms with van der Waals surface area (Å²) in [6.07, 6.45) is 0.898. The van der Waals surface area contributed by atoms with E-state index in [1.807, 2.05) is 13.8 Å². The number of ether oxygens (including phenoxy) is 2. The van der Waals surface area contributed by atoms with E-state index >= 15 is 0 Å². The third-order valence-corrected chi connectivity index (χ3v) is 5.11. The first-order valence-electron chi connectivity index (χ1n) is 10.1. The van der Waals surface area contributed by atoms with Gasteiger partial charge in [-0.1, -0.05) is 18.2 Å². The first-order valence-corrected chi connectivity index (χ1v) is 10.1. The number of ketones is 1. The van der Waals surface area contributed by atoms with Crippen molar-refractivity contribution in [1.29, 1.82) is 0 Å². The lowest BCUT2D eigenvalue weighted by Crippen LogP contribution is -2.31. The van der Waals surface area contributed by atoms with Crippen LogP contribution in [0.15, 0.2) is 42.5 Å². The summed E-state index contributed by atoms with van der Waals surface area (Å²) in [5.41, 5.74) is 7.01. The van der Waals surface area contributed by atoms with Gasteiger partial charge in [0, 0.05) is 24.2 Å². The van der Waals surface area contributed by atoms with Gasteiger partial charge in [-0.3, -0.25) is 9.59 Å². The Morgan fingerprint density at radius 3 is 2.33 bits per heavy atom. The fourth-order valence-corrected chi connectivity index (χ4v) is 3.60. The quantitative estimate of drug-likeness (QED) is 0.645. The summed E-state index contributed by atoms with van der Waals surface area (Å²) in [4.78, 5) is 28.1. The van der Waals surface area contributed by atoms with Gasteiger partial charge < -0.3 is 20.1 Å². The molecule has 1 saturated heterocycles. The molecule has 0 radical (unpaired) electrons. The van der Waals surface area contributed by atoms with Crippen LogP contribution in [0, 0.1) is 5.92 Å². The number of nitrogens with zero attached hydrogens (tertiary/aromatic N) is 1. The minimum atomic E-state index is -0.215. The molecule has 162 valence electrons. The summed E-state index contributed by atoms with van der Waals surface area (Å²) < 4.78 is 11.2. The van der Waals surface area contributed by atoms with Gasteiger partial charge in [0.15, 0.2) is 17.3 Å². The number of halogens is 1. The van der Waals surface area contributed by atoms with E-state index in [0.717, 1.165) is 6.42 Å². The number of rotatable bonds is 8. The lowest BCUT2D eigenvalue weighted by Gasteiger charge is -2.18. The van der Waals surface area contributed by atoms with Gasteiger partial charge in [0.25, 0.3) is 5.91 Å². The second kappa shape index (κ2) is 11.0. The van der Waals surface area contributed by atoms with E-state index in [9.17, 15) is 9.59 Å². The number of nitrogens with two attached hydrogens (primary N) is 1. The van der Waals surface area contributed by atoms with E-state index in [1.54, 1.807) is 47.4 Å². The Balaban J connectivity index is 0.00000320. The predicted octanol–water partition coefficient (Wildman–Crippen LogP) is 3.56. The molecule has 6 nitrogen and oxygen atoms in total. The average Bonchev–Trinajstić information content (AvgIpc) is 3.23. The molecule has 2 aromatic rings. The highest BCUT2D eigenvalue weighted by atomic mass is 35.5. The fraction of sp³-hybridized carbons (Fsp3) is 0.391. The molecule has 1 atom stereocenters. The normalized spacial score (nSPS) is 15.4. The summed E-state index contributed by atoms with van der Waals surface area (Å²) in [6.45, 7) is 6.61. The molecular formula is C23H29ClN2O4. The summed E-state index contributed by atoms with van der Waals surface area (Å²) in [5.74, 6) is 1.10. The van der Waals surface area contributed by atoms with Gasteiger partial charge in [-0.05, 0) is 57.0 Å². The number of hydrogen-bond donors (Lipinski definition) is 1. The van der Waals surface area contributed by atoms with Crippen LogP contribution < -0.4 is 15.2 Å². The van der Waals surface area contributed by atoms with Crippen LogP contribution in [0.25, 0.3) is 0 Å². The molecule has 1 aliphatic rings. The van der Waals surface area contributed by atoms with Crippen molar-refractivity contribution in [2.45, 2.75) is 20.3 Å². The highest BCUT2D eigenvalue weighted by Gasteiger charge is 2.28. The Kier molecular flexibility index (Phi) is 8.69. The summed E-state index contributed by atoms with van der Waals surface area (Å²) in [5, 5.41) is 0. The predicted molar refractivity (Wildman–Crippen MR) is 119 cm³/mol. The molecular weight excluding hydrogens is 404 g/mol. The Hall–Kier alpha value is -2.57. The zero-order chi connectivity index (χ0) is 20.8. The molecule has 0 bridgehead atoms. The zero-order valence-electron chi connectivity index (χ0n) is 17.4. The van der Waals surface area contributed by atoms with Crippen LogP contribution in [-0.2, 0) is 0 Å². The average molecular weight is 433 g/mol. The fourth-order valence-electron chi connectivity index (χ4n) is 3.60. The van der Waals surface area contributed by atoms with Crippen LogP contribution in [0.3, 0.4) is 0 Å². The van der Waals surface area contributed by atoms with Crippen molar-refractivity contribution in [3.8, 4) is 11.5 Å². The van der Waals surface area contributed by atoms with Crippen molar-refractivity contribution in [1.82, 2.24) is 4.90 Å². The van der Waals surface area contributed by atoms with Crippen molar-refractivity contribution in [3.63, 3.8) is 0 Å². The zero-order valence-corrected chi connectivity index (χ0v) is 18.2. The minimum Gasteiger partial charge on any atom is -0.490 e. The Morgan fingerprint density at radius 2 is 1.70 bits per heavy atom. The van der Waals surface area contributed by atoms with Crippen molar-refractivity contribution in [3.05, 3.63) is 59.2 Å². The first-order chi connectivity index (χ1) is 14.1. The number of amides is 1. The molecule has 1 aliphatic heterocycles. The molecule has 1 amide bonds.